The summed E-state index contributed by atoms with van der Waals surface area (Å²) in [5.41, 5.74) is 6.48. The van der Waals surface area contributed by atoms with E-state index in [0.717, 1.165) is 68.6 Å². The number of aromatic amines is 2. The third-order valence-electron chi connectivity index (χ3n) is 7.39. The van der Waals surface area contributed by atoms with Crippen LogP contribution in [0.15, 0.2) is 79.3 Å². The second kappa shape index (κ2) is 9.41. The summed E-state index contributed by atoms with van der Waals surface area (Å²) >= 11 is 0. The van der Waals surface area contributed by atoms with Crippen LogP contribution in [0.25, 0.3) is 55.6 Å². The first kappa shape index (κ1) is 22.7. The summed E-state index contributed by atoms with van der Waals surface area (Å²) in [5, 5.41) is 9.57. The highest BCUT2D eigenvalue weighted by Gasteiger charge is 2.17. The fourth-order valence-electron chi connectivity index (χ4n) is 5.48. The highest BCUT2D eigenvalue weighted by molar-refractivity contribution is 6.01. The average molecular weight is 504 g/mol. The number of rotatable bonds is 5. The lowest BCUT2D eigenvalue weighted by atomic mass is 9.98. The van der Waals surface area contributed by atoms with Gasteiger partial charge in [0.25, 0.3) is 0 Å². The lowest BCUT2D eigenvalue weighted by Gasteiger charge is -2.22. The van der Waals surface area contributed by atoms with Crippen LogP contribution in [0.3, 0.4) is 0 Å². The number of hydrogen-bond acceptors (Lipinski definition) is 4. The summed E-state index contributed by atoms with van der Waals surface area (Å²) in [6, 6.07) is 18.8. The normalized spacial score (nSPS) is 14.3. The Kier molecular flexibility index (Phi) is 5.61. The van der Waals surface area contributed by atoms with Crippen molar-refractivity contribution in [2.45, 2.75) is 38.2 Å². The molecule has 6 aromatic rings. The minimum absolute atomic E-state index is 0.244. The molecule has 1 fully saturated rings. The fraction of sp³-hybridized carbons (Fsp3) is 0.194. The van der Waals surface area contributed by atoms with Gasteiger partial charge in [-0.2, -0.15) is 5.10 Å². The van der Waals surface area contributed by atoms with Crippen LogP contribution in [0.4, 0.5) is 4.39 Å². The molecule has 0 amide bonds. The standard InChI is InChI=1S/C31H26FN5O/c32-26-11-5-4-9-23(26)22-10-6-12-27-24(22)14-29(35-27)31-25-15-28(34-18-30(25)36-37-31)19-13-21(17-33-16-19)38-20-7-2-1-3-8-20/h4-6,9-18,20,35H,1-3,7-8H2,(H,36,37). The van der Waals surface area contributed by atoms with Crippen LogP contribution in [0, 0.1) is 5.82 Å². The molecule has 188 valence electrons. The van der Waals surface area contributed by atoms with Crippen molar-refractivity contribution in [3.63, 3.8) is 0 Å². The van der Waals surface area contributed by atoms with Gasteiger partial charge >= 0.3 is 0 Å². The maximum Gasteiger partial charge on any atom is 0.138 e. The first-order valence-corrected chi connectivity index (χ1v) is 13.1. The number of benzene rings is 2. The Morgan fingerprint density at radius 1 is 0.816 bits per heavy atom. The minimum Gasteiger partial charge on any atom is -0.489 e. The monoisotopic (exact) mass is 503 g/mol. The Labute approximate surface area is 218 Å². The number of aromatic nitrogens is 5. The molecular weight excluding hydrogens is 477 g/mol. The topological polar surface area (TPSA) is 79.5 Å². The van der Waals surface area contributed by atoms with Gasteiger partial charge in [0.1, 0.15) is 17.3 Å². The highest BCUT2D eigenvalue weighted by atomic mass is 19.1. The van der Waals surface area contributed by atoms with E-state index in [1.54, 1.807) is 24.5 Å². The number of ether oxygens (including phenoxy) is 1. The van der Waals surface area contributed by atoms with Crippen molar-refractivity contribution >= 4 is 21.8 Å². The van der Waals surface area contributed by atoms with Gasteiger partial charge in [0.2, 0.25) is 0 Å². The van der Waals surface area contributed by atoms with Gasteiger partial charge in [-0.15, -0.1) is 0 Å². The lowest BCUT2D eigenvalue weighted by Crippen LogP contribution is -2.19. The number of nitrogens with one attached hydrogen (secondary N) is 2. The molecule has 0 unspecified atom stereocenters. The SMILES string of the molecule is Fc1ccccc1-c1cccc2[nH]c(-c3n[nH]c4cnc(-c5cncc(OC6CCCCC6)c5)cc34)cc12. The second-order valence-corrected chi connectivity index (χ2v) is 9.90. The number of nitrogens with zero attached hydrogens (tertiary/aromatic N) is 3. The first-order valence-electron chi connectivity index (χ1n) is 13.1. The molecule has 2 N–H and O–H groups in total. The van der Waals surface area contributed by atoms with Crippen LogP contribution in [-0.4, -0.2) is 31.3 Å². The van der Waals surface area contributed by atoms with E-state index < -0.39 is 0 Å². The average Bonchev–Trinajstić information content (AvgIpc) is 3.58. The van der Waals surface area contributed by atoms with Gasteiger partial charge in [-0.25, -0.2) is 4.39 Å². The Hall–Kier alpha value is -4.52. The predicted octanol–water partition coefficient (Wildman–Crippen LogP) is 7.69. The highest BCUT2D eigenvalue weighted by Crippen LogP contribution is 2.36. The molecule has 6 nitrogen and oxygen atoms in total. The maximum absolute atomic E-state index is 14.6. The lowest BCUT2D eigenvalue weighted by molar-refractivity contribution is 0.154. The smallest absolute Gasteiger partial charge is 0.138 e. The van der Waals surface area contributed by atoms with Crippen molar-refractivity contribution in [1.29, 1.82) is 0 Å². The molecule has 0 radical (unpaired) electrons. The van der Waals surface area contributed by atoms with Gasteiger partial charge in [0, 0.05) is 33.6 Å². The maximum atomic E-state index is 14.6. The zero-order chi connectivity index (χ0) is 25.5. The summed E-state index contributed by atoms with van der Waals surface area (Å²) in [5.74, 6) is 0.534. The molecule has 7 rings (SSSR count). The Balaban J connectivity index is 1.26. The molecule has 1 saturated carbocycles. The van der Waals surface area contributed by atoms with Crippen LogP contribution in [0.1, 0.15) is 32.1 Å². The van der Waals surface area contributed by atoms with E-state index in [1.165, 1.54) is 25.3 Å². The summed E-state index contributed by atoms with van der Waals surface area (Å²) in [6.07, 6.45) is 11.5. The van der Waals surface area contributed by atoms with Crippen molar-refractivity contribution in [2.75, 3.05) is 0 Å². The van der Waals surface area contributed by atoms with Gasteiger partial charge in [-0.1, -0.05) is 36.8 Å². The summed E-state index contributed by atoms with van der Waals surface area (Å²) in [7, 11) is 0. The number of fused-ring (bicyclic) bond motifs is 2. The molecular formula is C31H26FN5O. The molecule has 0 bridgehead atoms. The summed E-state index contributed by atoms with van der Waals surface area (Å²) in [4.78, 5) is 12.6. The van der Waals surface area contributed by atoms with Gasteiger partial charge in [0.15, 0.2) is 0 Å². The van der Waals surface area contributed by atoms with E-state index in [0.29, 0.717) is 5.56 Å². The van der Waals surface area contributed by atoms with Crippen molar-refractivity contribution in [2.24, 2.45) is 0 Å². The van der Waals surface area contributed by atoms with Crippen LogP contribution >= 0.6 is 0 Å². The van der Waals surface area contributed by atoms with Crippen LogP contribution in [0.2, 0.25) is 0 Å². The van der Waals surface area contributed by atoms with E-state index in [4.69, 9.17) is 4.74 Å². The van der Waals surface area contributed by atoms with E-state index in [9.17, 15) is 4.39 Å². The number of halogens is 1. The molecule has 0 atom stereocenters. The molecule has 0 spiro atoms. The Bertz CT molecular complexity index is 1770. The van der Waals surface area contributed by atoms with E-state index in [1.807, 2.05) is 48.7 Å². The predicted molar refractivity (Wildman–Crippen MR) is 147 cm³/mol. The molecule has 0 saturated heterocycles. The third kappa shape index (κ3) is 4.10. The third-order valence-corrected chi connectivity index (χ3v) is 7.39. The fourth-order valence-corrected chi connectivity index (χ4v) is 5.48. The van der Waals surface area contributed by atoms with Gasteiger partial charge < -0.3 is 9.72 Å². The van der Waals surface area contributed by atoms with Crippen molar-refractivity contribution in [3.8, 4) is 39.5 Å². The van der Waals surface area contributed by atoms with Crippen molar-refractivity contribution < 1.29 is 9.13 Å². The van der Waals surface area contributed by atoms with Gasteiger partial charge in [-0.05, 0) is 61.6 Å². The summed E-state index contributed by atoms with van der Waals surface area (Å²) < 4.78 is 20.8. The molecule has 1 aliphatic rings. The van der Waals surface area contributed by atoms with Gasteiger partial charge in [-0.3, -0.25) is 15.1 Å². The van der Waals surface area contributed by atoms with Crippen molar-refractivity contribution in [3.05, 3.63) is 85.1 Å². The molecule has 4 aromatic heterocycles. The molecule has 38 heavy (non-hydrogen) atoms. The van der Waals surface area contributed by atoms with E-state index in [2.05, 4.69) is 25.1 Å². The molecule has 0 aliphatic heterocycles. The Morgan fingerprint density at radius 3 is 2.58 bits per heavy atom. The zero-order valence-corrected chi connectivity index (χ0v) is 20.7. The Morgan fingerprint density at radius 2 is 1.68 bits per heavy atom. The van der Waals surface area contributed by atoms with Crippen LogP contribution in [0.5, 0.6) is 5.75 Å². The number of hydrogen-bond donors (Lipinski definition) is 2. The van der Waals surface area contributed by atoms with E-state index >= 15 is 0 Å². The molecule has 1 aliphatic carbocycles. The molecule has 2 aromatic carbocycles. The molecule has 7 heteroatoms. The first-order chi connectivity index (χ1) is 18.7. The van der Waals surface area contributed by atoms with Crippen molar-refractivity contribution in [1.82, 2.24) is 25.1 Å². The van der Waals surface area contributed by atoms with Crippen LogP contribution in [-0.2, 0) is 0 Å². The summed E-state index contributed by atoms with van der Waals surface area (Å²) in [6.45, 7) is 0. The largest absolute Gasteiger partial charge is 0.489 e. The minimum atomic E-state index is -0.244. The zero-order valence-electron chi connectivity index (χ0n) is 20.7. The number of H-pyrrole nitrogens is 2. The number of pyridine rings is 2. The van der Waals surface area contributed by atoms with Crippen LogP contribution < -0.4 is 4.74 Å². The molecule has 4 heterocycles. The van der Waals surface area contributed by atoms with E-state index in [-0.39, 0.29) is 11.9 Å². The quantitative estimate of drug-likeness (QED) is 0.253. The second-order valence-electron chi connectivity index (χ2n) is 9.90. The van der Waals surface area contributed by atoms with Gasteiger partial charge in [0.05, 0.1) is 35.4 Å².